The lowest BCUT2D eigenvalue weighted by Crippen LogP contribution is -2.41. The largest absolute Gasteiger partial charge is 0.491 e. The van der Waals surface area contributed by atoms with Gasteiger partial charge >= 0.3 is 7.12 Å². The molecule has 1 fully saturated rings. The number of thioether (sulfide) groups is 1. The summed E-state index contributed by atoms with van der Waals surface area (Å²) in [7, 11) is -0.512. The molecule has 1 aromatic heterocycles. The van der Waals surface area contributed by atoms with Crippen LogP contribution in [0.5, 0.6) is 0 Å². The highest BCUT2D eigenvalue weighted by Crippen LogP contribution is 2.39. The highest BCUT2D eigenvalue weighted by atomic mass is 32.2. The Morgan fingerprint density at radius 3 is 2.52 bits per heavy atom. The molecular weight excluding hydrogens is 361 g/mol. The van der Waals surface area contributed by atoms with E-state index in [0.717, 1.165) is 21.9 Å². The summed E-state index contributed by atoms with van der Waals surface area (Å²) in [6.45, 7) is 9.60. The lowest BCUT2D eigenvalue weighted by Gasteiger charge is -2.32. The van der Waals surface area contributed by atoms with Crippen molar-refractivity contribution in [3.05, 3.63) is 35.6 Å². The number of fused-ring (bicyclic) bond motifs is 1. The molecule has 1 aromatic carbocycles. The third-order valence-electron chi connectivity index (χ3n) is 5.04. The monoisotopic (exact) mass is 385 g/mol. The Balaban J connectivity index is 1.98. The molecule has 0 bridgehead atoms. The molecule has 27 heavy (non-hydrogen) atoms. The number of hydrogen-bond donors (Lipinski definition) is 1. The van der Waals surface area contributed by atoms with Gasteiger partial charge in [0.1, 0.15) is 12.1 Å². The van der Waals surface area contributed by atoms with Crippen LogP contribution < -0.4 is 5.73 Å². The first-order valence-corrected chi connectivity index (χ1v) is 9.77. The molecule has 3 rings (SSSR count). The van der Waals surface area contributed by atoms with Crippen molar-refractivity contribution < 1.29 is 14.1 Å². The van der Waals surface area contributed by atoms with Crippen LogP contribution in [0.4, 0.5) is 5.82 Å². The number of aromatic nitrogens is 2. The van der Waals surface area contributed by atoms with Gasteiger partial charge in [0, 0.05) is 18.1 Å². The van der Waals surface area contributed by atoms with Crippen molar-refractivity contribution in [1.82, 2.24) is 9.97 Å². The van der Waals surface area contributed by atoms with Crippen LogP contribution in [-0.4, -0.2) is 39.2 Å². The van der Waals surface area contributed by atoms with Crippen molar-refractivity contribution in [2.24, 2.45) is 0 Å². The molecule has 2 heterocycles. The fourth-order valence-corrected chi connectivity index (χ4v) is 3.34. The van der Waals surface area contributed by atoms with Gasteiger partial charge in [0.25, 0.3) is 0 Å². The van der Waals surface area contributed by atoms with Crippen molar-refractivity contribution >= 4 is 46.8 Å². The number of rotatable bonds is 4. The lowest BCUT2D eigenvalue weighted by atomic mass is 9.78. The molecule has 6 nitrogen and oxygen atoms in total. The maximum absolute atomic E-state index is 11.5. The first kappa shape index (κ1) is 19.9. The summed E-state index contributed by atoms with van der Waals surface area (Å²) < 4.78 is 12.4. The number of carbonyl (C=O) groups excluding carboxylic acids is 1. The van der Waals surface area contributed by atoms with Crippen LogP contribution in [0.25, 0.3) is 17.0 Å². The molecule has 1 aliphatic rings. The summed E-state index contributed by atoms with van der Waals surface area (Å²) in [5, 5.41) is 0.840. The molecule has 0 spiro atoms. The molecule has 0 unspecified atom stereocenters. The Morgan fingerprint density at radius 1 is 1.22 bits per heavy atom. The van der Waals surface area contributed by atoms with Crippen LogP contribution in [0.3, 0.4) is 0 Å². The van der Waals surface area contributed by atoms with Crippen LogP contribution >= 0.6 is 11.8 Å². The quantitative estimate of drug-likeness (QED) is 0.806. The number of benzene rings is 1. The average molecular weight is 385 g/mol. The van der Waals surface area contributed by atoms with E-state index in [-0.39, 0.29) is 5.12 Å². The third kappa shape index (κ3) is 4.18. The molecule has 0 aliphatic carbocycles. The smallest absolute Gasteiger partial charge is 0.400 e. The van der Waals surface area contributed by atoms with E-state index < -0.39 is 18.3 Å². The zero-order valence-electron chi connectivity index (χ0n) is 16.3. The fourth-order valence-electron chi connectivity index (χ4n) is 2.76. The number of hydrogen-bond acceptors (Lipinski definition) is 7. The number of anilines is 1. The van der Waals surface area contributed by atoms with E-state index >= 15 is 0 Å². The van der Waals surface area contributed by atoms with Crippen molar-refractivity contribution in [3.63, 3.8) is 0 Å². The molecule has 142 valence electrons. The summed E-state index contributed by atoms with van der Waals surface area (Å²) in [6, 6.07) is 5.80. The predicted octanol–water partition coefficient (Wildman–Crippen LogP) is 3.51. The maximum Gasteiger partial charge on any atom is 0.491 e. The van der Waals surface area contributed by atoms with Gasteiger partial charge in [0.05, 0.1) is 16.7 Å². The van der Waals surface area contributed by atoms with Crippen LogP contribution in [0.1, 0.15) is 40.2 Å². The van der Waals surface area contributed by atoms with Gasteiger partial charge in [-0.1, -0.05) is 23.9 Å². The minimum absolute atomic E-state index is 0.0496. The topological polar surface area (TPSA) is 87.3 Å². The second kappa shape index (κ2) is 7.26. The molecule has 1 aliphatic heterocycles. The van der Waals surface area contributed by atoms with Gasteiger partial charge in [0.15, 0.2) is 5.12 Å². The van der Waals surface area contributed by atoms with Crippen LogP contribution in [0.15, 0.2) is 30.0 Å². The first-order chi connectivity index (χ1) is 12.6. The summed E-state index contributed by atoms with van der Waals surface area (Å²) >= 11 is 1.24. The first-order valence-electron chi connectivity index (χ1n) is 8.79. The van der Waals surface area contributed by atoms with E-state index in [4.69, 9.17) is 15.0 Å². The number of nitrogen functional groups attached to an aromatic ring is 1. The Morgan fingerprint density at radius 2 is 1.89 bits per heavy atom. The van der Waals surface area contributed by atoms with E-state index in [1.54, 1.807) is 6.92 Å². The van der Waals surface area contributed by atoms with Gasteiger partial charge in [-0.15, -0.1) is 0 Å². The van der Waals surface area contributed by atoms with Gasteiger partial charge in [-0.3, -0.25) is 4.79 Å². The van der Waals surface area contributed by atoms with E-state index in [0.29, 0.717) is 11.6 Å². The zero-order chi connectivity index (χ0) is 19.8. The number of nitrogens with zero attached hydrogens (tertiary/aromatic N) is 2. The Labute approximate surface area is 164 Å². The van der Waals surface area contributed by atoms with Gasteiger partial charge in [-0.2, -0.15) is 0 Å². The maximum atomic E-state index is 11.5. The van der Waals surface area contributed by atoms with E-state index in [2.05, 4.69) is 9.97 Å². The molecule has 0 atom stereocenters. The average Bonchev–Trinajstić information content (AvgIpc) is 2.79. The zero-order valence-corrected chi connectivity index (χ0v) is 17.1. The molecule has 8 heteroatoms. The number of nitrogens with two attached hydrogens (primary N) is 1. The van der Waals surface area contributed by atoms with Crippen molar-refractivity contribution in [1.29, 1.82) is 0 Å². The van der Waals surface area contributed by atoms with Crippen LogP contribution in [0.2, 0.25) is 0 Å². The Bertz CT molecular complexity index is 898. The lowest BCUT2D eigenvalue weighted by molar-refractivity contribution is -0.109. The van der Waals surface area contributed by atoms with Gasteiger partial charge < -0.3 is 15.0 Å². The SMILES string of the molecule is CC(=O)SCC(=Cc1ccc2ncnc(N)c2c1)B1OC(C)(C)C(C)(C)O1. The molecule has 0 saturated carbocycles. The molecule has 0 radical (unpaired) electrons. The Hall–Kier alpha value is -1.90. The number of carbonyl (C=O) groups is 1. The van der Waals surface area contributed by atoms with Crippen molar-refractivity contribution in [2.75, 3.05) is 11.5 Å². The van der Waals surface area contributed by atoms with Crippen molar-refractivity contribution in [2.45, 2.75) is 45.8 Å². The van der Waals surface area contributed by atoms with Gasteiger partial charge in [-0.05, 0) is 50.9 Å². The highest BCUT2D eigenvalue weighted by molar-refractivity contribution is 8.13. The minimum atomic E-state index is -0.512. The highest BCUT2D eigenvalue weighted by Gasteiger charge is 2.52. The van der Waals surface area contributed by atoms with Crippen LogP contribution in [0, 0.1) is 0 Å². The third-order valence-corrected chi connectivity index (χ3v) is 5.92. The second-order valence-corrected chi connectivity index (χ2v) is 8.78. The summed E-state index contributed by atoms with van der Waals surface area (Å²) in [6.07, 6.45) is 3.44. The molecular formula is C19H24BN3O3S. The standard InChI is InChI=1S/C19H24BN3O3S/c1-12(24)27-10-14(20-25-18(2,3)19(4,5)26-20)8-13-6-7-16-15(9-13)17(21)23-11-22-16/h6-9,11H,10H2,1-5H3,(H2,21,22,23). The molecule has 0 amide bonds. The van der Waals surface area contributed by atoms with Crippen molar-refractivity contribution in [3.8, 4) is 0 Å². The van der Waals surface area contributed by atoms with Gasteiger partial charge in [-0.25, -0.2) is 9.97 Å². The summed E-state index contributed by atoms with van der Waals surface area (Å²) in [5.74, 6) is 0.927. The van der Waals surface area contributed by atoms with Gasteiger partial charge in [0.2, 0.25) is 0 Å². The van der Waals surface area contributed by atoms with E-state index in [9.17, 15) is 4.79 Å². The fraction of sp³-hybridized carbons (Fsp3) is 0.421. The van der Waals surface area contributed by atoms with E-state index in [1.165, 1.54) is 18.1 Å². The predicted molar refractivity (Wildman–Crippen MR) is 111 cm³/mol. The molecule has 2 aromatic rings. The summed E-state index contributed by atoms with van der Waals surface area (Å²) in [5.41, 5.74) is 7.70. The normalized spacial score (nSPS) is 18.9. The second-order valence-electron chi connectivity index (χ2n) is 7.62. The Kier molecular flexibility index (Phi) is 5.34. The summed E-state index contributed by atoms with van der Waals surface area (Å²) in [4.78, 5) is 19.8. The molecule has 1 saturated heterocycles. The van der Waals surface area contributed by atoms with E-state index in [1.807, 2.05) is 52.0 Å². The minimum Gasteiger partial charge on any atom is -0.400 e. The van der Waals surface area contributed by atoms with Crippen LogP contribution in [-0.2, 0) is 14.1 Å². The molecule has 2 N–H and O–H groups in total.